The lowest BCUT2D eigenvalue weighted by molar-refractivity contribution is -0.121. The summed E-state index contributed by atoms with van der Waals surface area (Å²) in [5.41, 5.74) is 13.8. The highest BCUT2D eigenvalue weighted by atomic mass is 32.2. The van der Waals surface area contributed by atoms with Crippen LogP contribution in [0.4, 0.5) is 0 Å². The van der Waals surface area contributed by atoms with E-state index in [0.29, 0.717) is 22.6 Å². The Morgan fingerprint density at radius 2 is 1.29 bits per heavy atom. The highest BCUT2D eigenvalue weighted by Gasteiger charge is 2.20. The van der Waals surface area contributed by atoms with E-state index in [2.05, 4.69) is 9.44 Å². The molecule has 0 fully saturated rings. The van der Waals surface area contributed by atoms with Gasteiger partial charge in [0.1, 0.15) is 0 Å². The number of carbonyl (C=O) groups excluding carboxylic acids is 2. The molecule has 0 heterocycles. The zero-order valence-corrected chi connectivity index (χ0v) is 25.9. The lowest BCUT2D eigenvalue weighted by Crippen LogP contribution is -2.42. The Labute approximate surface area is 251 Å². The summed E-state index contributed by atoms with van der Waals surface area (Å²) in [6, 6.07) is 21.1. The lowest BCUT2D eigenvalue weighted by atomic mass is 9.96. The summed E-state index contributed by atoms with van der Waals surface area (Å²) in [5.74, 6) is -0.409. The molecule has 0 aliphatic heterocycles. The number of nitrogens with one attached hydrogen (secondary N) is 2. The van der Waals surface area contributed by atoms with E-state index < -0.39 is 45.9 Å². The van der Waals surface area contributed by atoms with Crippen LogP contribution in [0.15, 0.2) is 82.6 Å². The Kier molecular flexibility index (Phi) is 10.3. The van der Waals surface area contributed by atoms with E-state index in [1.165, 1.54) is 0 Å². The van der Waals surface area contributed by atoms with Gasteiger partial charge < -0.3 is 11.5 Å². The number of nitrogens with two attached hydrogens (primary N) is 2. The van der Waals surface area contributed by atoms with Gasteiger partial charge in [0.25, 0.3) is 0 Å². The molecule has 0 aliphatic rings. The third-order valence-corrected chi connectivity index (χ3v) is 9.14. The Bertz CT molecular complexity index is 1670. The molecule has 4 unspecified atom stereocenters. The summed E-state index contributed by atoms with van der Waals surface area (Å²) in [5, 5.41) is 3.41. The summed E-state index contributed by atoms with van der Waals surface area (Å²) < 4.78 is 31.3. The predicted molar refractivity (Wildman–Crippen MR) is 171 cm³/mol. The van der Waals surface area contributed by atoms with Crippen molar-refractivity contribution < 1.29 is 18.0 Å². The summed E-state index contributed by atoms with van der Waals surface area (Å²) in [7, 11) is -3.54. The highest BCUT2D eigenvalue weighted by molar-refractivity contribution is 7.84. The molecule has 0 aromatic heterocycles. The maximum absolute atomic E-state index is 13.2. The Morgan fingerprint density at radius 1 is 0.690 bits per heavy atom. The van der Waals surface area contributed by atoms with Gasteiger partial charge >= 0.3 is 0 Å². The van der Waals surface area contributed by atoms with Crippen molar-refractivity contribution in [2.24, 2.45) is 23.3 Å². The number of hydrogen-bond donors (Lipinski definition) is 4. The summed E-state index contributed by atoms with van der Waals surface area (Å²) in [6.07, 6.45) is 1.00. The van der Waals surface area contributed by atoms with Crippen molar-refractivity contribution >= 4 is 55.3 Å². The molecule has 4 atom stereocenters. The van der Waals surface area contributed by atoms with Gasteiger partial charge in [-0.3, -0.25) is 19.0 Å². The Hall–Kier alpha value is -3.44. The zero-order valence-electron chi connectivity index (χ0n) is 24.3. The van der Waals surface area contributed by atoms with Gasteiger partial charge in [-0.2, -0.15) is 0 Å². The standard InChI is InChI=1S/C32H38N4O4S2/c1-19(2)15-28(33)31(37)35-41(39)24-13-14-26-22(17-24)8-5-9-25(26)23-12-11-21-7-6-10-30(27(21)18-23)42(40)36-32(38)29(34)16-20(3)4/h5-14,17-20,28-29H,15-16,33-34H2,1-4H3,(H,35,37)(H,36,38). The number of fused-ring (bicyclic) bond motifs is 2. The first-order chi connectivity index (χ1) is 19.9. The van der Waals surface area contributed by atoms with Crippen molar-refractivity contribution in [3.63, 3.8) is 0 Å². The number of amides is 2. The van der Waals surface area contributed by atoms with Crippen LogP contribution in [0.3, 0.4) is 0 Å². The topological polar surface area (TPSA) is 144 Å². The second-order valence-electron chi connectivity index (χ2n) is 11.3. The molecule has 4 aromatic rings. The average Bonchev–Trinajstić information content (AvgIpc) is 2.95. The van der Waals surface area contributed by atoms with Gasteiger partial charge in [0.15, 0.2) is 22.0 Å². The van der Waals surface area contributed by atoms with Crippen LogP contribution >= 0.6 is 0 Å². The molecule has 222 valence electrons. The SMILES string of the molecule is CC(C)CC(N)C(=O)NS(=O)c1ccc2c(-c3ccc4cccc(S(=O)NC(=O)C(N)CC(C)C)c4c3)cccc2c1. The van der Waals surface area contributed by atoms with Gasteiger partial charge in [0, 0.05) is 5.39 Å². The smallest absolute Gasteiger partial charge is 0.248 e. The van der Waals surface area contributed by atoms with Gasteiger partial charge in [-0.1, -0.05) is 76.2 Å². The molecule has 4 rings (SSSR count). The van der Waals surface area contributed by atoms with Crippen molar-refractivity contribution in [3.05, 3.63) is 72.8 Å². The largest absolute Gasteiger partial charge is 0.320 e. The van der Waals surface area contributed by atoms with Gasteiger partial charge in [0.2, 0.25) is 11.8 Å². The third kappa shape index (κ3) is 7.49. The van der Waals surface area contributed by atoms with E-state index in [1.807, 2.05) is 82.3 Å². The van der Waals surface area contributed by atoms with Crippen molar-refractivity contribution in [3.8, 4) is 11.1 Å². The van der Waals surface area contributed by atoms with E-state index in [-0.39, 0.29) is 11.8 Å². The van der Waals surface area contributed by atoms with Crippen molar-refractivity contribution in [1.82, 2.24) is 9.44 Å². The second-order valence-corrected chi connectivity index (χ2v) is 13.7. The number of rotatable bonds is 11. The maximum atomic E-state index is 13.2. The predicted octanol–water partition coefficient (Wildman–Crippen LogP) is 4.68. The van der Waals surface area contributed by atoms with Crippen LogP contribution in [0.25, 0.3) is 32.7 Å². The van der Waals surface area contributed by atoms with Gasteiger partial charge in [-0.15, -0.1) is 0 Å². The molecule has 0 bridgehead atoms. The van der Waals surface area contributed by atoms with Crippen LogP contribution in [0, 0.1) is 11.8 Å². The fourth-order valence-corrected chi connectivity index (χ4v) is 6.78. The number of hydrogen-bond acceptors (Lipinski definition) is 6. The monoisotopic (exact) mass is 606 g/mol. The minimum absolute atomic E-state index is 0.239. The van der Waals surface area contributed by atoms with Crippen molar-refractivity contribution in [2.75, 3.05) is 0 Å². The molecule has 0 saturated carbocycles. The van der Waals surface area contributed by atoms with E-state index in [9.17, 15) is 18.0 Å². The quantitative estimate of drug-likeness (QED) is 0.195. The minimum Gasteiger partial charge on any atom is -0.320 e. The molecule has 6 N–H and O–H groups in total. The highest BCUT2D eigenvalue weighted by Crippen LogP contribution is 2.33. The first-order valence-electron chi connectivity index (χ1n) is 14.0. The van der Waals surface area contributed by atoms with Crippen molar-refractivity contribution in [1.29, 1.82) is 0 Å². The molecule has 0 radical (unpaired) electrons. The molecule has 10 heteroatoms. The maximum Gasteiger partial charge on any atom is 0.248 e. The average molecular weight is 607 g/mol. The van der Waals surface area contributed by atoms with Crippen LogP contribution < -0.4 is 20.9 Å². The summed E-state index contributed by atoms with van der Waals surface area (Å²) in [6.45, 7) is 7.91. The molecule has 42 heavy (non-hydrogen) atoms. The molecule has 2 amide bonds. The molecule has 0 aliphatic carbocycles. The van der Waals surface area contributed by atoms with Crippen LogP contribution in [0.2, 0.25) is 0 Å². The lowest BCUT2D eigenvalue weighted by Gasteiger charge is -2.15. The van der Waals surface area contributed by atoms with E-state index in [1.54, 1.807) is 18.2 Å². The van der Waals surface area contributed by atoms with Crippen LogP contribution in [-0.4, -0.2) is 32.3 Å². The summed E-state index contributed by atoms with van der Waals surface area (Å²) >= 11 is 0. The molecule has 8 nitrogen and oxygen atoms in total. The minimum atomic E-state index is -1.79. The molecule has 4 aromatic carbocycles. The normalized spacial score (nSPS) is 14.6. The fourth-order valence-electron chi connectivity index (χ4n) is 4.88. The second kappa shape index (κ2) is 13.7. The summed E-state index contributed by atoms with van der Waals surface area (Å²) in [4.78, 5) is 25.9. The van der Waals surface area contributed by atoms with E-state index in [0.717, 1.165) is 32.7 Å². The van der Waals surface area contributed by atoms with Crippen LogP contribution in [0.1, 0.15) is 40.5 Å². The van der Waals surface area contributed by atoms with E-state index in [4.69, 9.17) is 11.5 Å². The zero-order chi connectivity index (χ0) is 30.6. The van der Waals surface area contributed by atoms with E-state index >= 15 is 0 Å². The first-order valence-corrected chi connectivity index (χ1v) is 16.3. The van der Waals surface area contributed by atoms with Crippen LogP contribution in [-0.2, 0) is 31.6 Å². The van der Waals surface area contributed by atoms with Gasteiger partial charge in [-0.25, -0.2) is 8.42 Å². The Morgan fingerprint density at radius 3 is 1.93 bits per heavy atom. The number of carbonyl (C=O) groups is 2. The molecule has 0 saturated heterocycles. The Balaban J connectivity index is 1.63. The number of benzene rings is 4. The first kappa shape index (κ1) is 31.5. The molecule has 0 spiro atoms. The molecular weight excluding hydrogens is 569 g/mol. The fraction of sp³-hybridized carbons (Fsp3) is 0.312. The molecular formula is C32H38N4O4S2. The van der Waals surface area contributed by atoms with Gasteiger partial charge in [0.05, 0.1) is 21.9 Å². The third-order valence-electron chi connectivity index (χ3n) is 6.93. The van der Waals surface area contributed by atoms with Crippen LogP contribution in [0.5, 0.6) is 0 Å². The van der Waals surface area contributed by atoms with Gasteiger partial charge in [-0.05, 0) is 76.2 Å². The van der Waals surface area contributed by atoms with Crippen molar-refractivity contribution in [2.45, 2.75) is 62.4 Å².